The van der Waals surface area contributed by atoms with Gasteiger partial charge in [-0.15, -0.1) is 0 Å². The van der Waals surface area contributed by atoms with Crippen LogP contribution in [0.2, 0.25) is 0 Å². The zero-order valence-electron chi connectivity index (χ0n) is 18.5. The number of fused-ring (bicyclic) bond motifs is 3. The van der Waals surface area contributed by atoms with E-state index < -0.39 is 0 Å². The summed E-state index contributed by atoms with van der Waals surface area (Å²) in [4.78, 5) is 11.7. The molecule has 2 heteroatoms. The second kappa shape index (κ2) is 8.79. The number of rotatable bonds is 7. The molecule has 0 amide bonds. The Balaban J connectivity index is 1.43. The number of ether oxygens (including phenoxy) is 1. The molecule has 3 fully saturated rings. The first-order valence-corrected chi connectivity index (χ1v) is 11.7. The van der Waals surface area contributed by atoms with Crippen molar-refractivity contribution >= 4 is 5.97 Å². The van der Waals surface area contributed by atoms with Crippen LogP contribution in [0.5, 0.6) is 5.75 Å². The van der Waals surface area contributed by atoms with E-state index >= 15 is 0 Å². The first-order chi connectivity index (χ1) is 14.6. The molecule has 0 heterocycles. The van der Waals surface area contributed by atoms with Crippen molar-refractivity contribution < 1.29 is 9.53 Å². The highest BCUT2D eigenvalue weighted by atomic mass is 16.5. The molecule has 3 aliphatic rings. The molecule has 0 spiro atoms. The lowest BCUT2D eigenvalue weighted by Crippen LogP contribution is -2.44. The van der Waals surface area contributed by atoms with Gasteiger partial charge in [0.15, 0.2) is 0 Å². The molecule has 2 nitrogen and oxygen atoms in total. The largest absolute Gasteiger partial charge is 0.423 e. The van der Waals surface area contributed by atoms with E-state index in [1.54, 1.807) is 6.08 Å². The summed E-state index contributed by atoms with van der Waals surface area (Å²) >= 11 is 0. The van der Waals surface area contributed by atoms with Gasteiger partial charge in [-0.3, -0.25) is 0 Å². The fourth-order valence-corrected chi connectivity index (χ4v) is 5.70. The van der Waals surface area contributed by atoms with Crippen LogP contribution >= 0.6 is 0 Å². The molecule has 3 aliphatic carbocycles. The predicted octanol–water partition coefficient (Wildman–Crippen LogP) is 7.62. The third-order valence-electron chi connectivity index (χ3n) is 7.57. The van der Waals surface area contributed by atoms with Crippen molar-refractivity contribution in [3.05, 3.63) is 66.2 Å². The Morgan fingerprint density at radius 3 is 1.97 bits per heavy atom. The van der Waals surface area contributed by atoms with Crippen LogP contribution in [0, 0.1) is 5.41 Å². The van der Waals surface area contributed by atoms with E-state index in [9.17, 15) is 4.79 Å². The van der Waals surface area contributed by atoms with E-state index in [-0.39, 0.29) is 5.97 Å². The standard InChI is InChI=1S/C28H34O2/c1-3-5-6-26(29)30-25-13-9-23(10-14-25)22-7-11-24(12-8-22)28-19-16-27(15-4-2,17-20-28)18-21-28/h5-14H,3-4,15-21H2,1-2H3. The molecule has 2 aromatic carbocycles. The minimum Gasteiger partial charge on any atom is -0.423 e. The molecule has 30 heavy (non-hydrogen) atoms. The van der Waals surface area contributed by atoms with Crippen molar-refractivity contribution in [1.29, 1.82) is 0 Å². The molecule has 0 N–H and O–H groups in total. The Bertz CT molecular complexity index is 865. The van der Waals surface area contributed by atoms with E-state index in [0.29, 0.717) is 16.6 Å². The SMILES string of the molecule is CCC=CC(=O)Oc1ccc(-c2ccc(C34CCC(CCC)(CC3)CC4)cc2)cc1. The average molecular weight is 403 g/mol. The second-order valence-electron chi connectivity index (χ2n) is 9.36. The molecule has 0 aromatic heterocycles. The van der Waals surface area contributed by atoms with Crippen LogP contribution in [0.15, 0.2) is 60.7 Å². The quantitative estimate of drug-likeness (QED) is 0.270. The van der Waals surface area contributed by atoms with Gasteiger partial charge in [0.05, 0.1) is 0 Å². The molecule has 3 saturated carbocycles. The molecular weight excluding hydrogens is 368 g/mol. The summed E-state index contributed by atoms with van der Waals surface area (Å²) in [7, 11) is 0. The number of carbonyl (C=O) groups excluding carboxylic acids is 1. The van der Waals surface area contributed by atoms with Gasteiger partial charge in [0.1, 0.15) is 5.75 Å². The fourth-order valence-electron chi connectivity index (χ4n) is 5.70. The van der Waals surface area contributed by atoms with Crippen molar-refractivity contribution in [2.75, 3.05) is 0 Å². The predicted molar refractivity (Wildman–Crippen MR) is 124 cm³/mol. The topological polar surface area (TPSA) is 26.3 Å². The van der Waals surface area contributed by atoms with Gasteiger partial charge in [-0.2, -0.15) is 0 Å². The van der Waals surface area contributed by atoms with Crippen molar-refractivity contribution in [3.8, 4) is 16.9 Å². The fraction of sp³-hybridized carbons (Fsp3) is 0.464. The number of carbonyl (C=O) groups is 1. The minimum atomic E-state index is -0.323. The van der Waals surface area contributed by atoms with Gasteiger partial charge in [0.25, 0.3) is 0 Å². The molecule has 0 radical (unpaired) electrons. The minimum absolute atomic E-state index is 0.323. The lowest BCUT2D eigenvalue weighted by Gasteiger charge is -2.54. The van der Waals surface area contributed by atoms with Crippen LogP contribution in [0.1, 0.15) is 77.2 Å². The Labute approximate surface area is 181 Å². The highest BCUT2D eigenvalue weighted by Crippen LogP contribution is 2.59. The maximum Gasteiger partial charge on any atom is 0.335 e. The van der Waals surface area contributed by atoms with Crippen molar-refractivity contribution in [2.45, 2.75) is 77.0 Å². The summed E-state index contributed by atoms with van der Waals surface area (Å²) in [6.07, 6.45) is 15.2. The Morgan fingerprint density at radius 1 is 0.867 bits per heavy atom. The molecule has 2 bridgehead atoms. The Kier molecular flexibility index (Phi) is 6.13. The summed E-state index contributed by atoms with van der Waals surface area (Å²) in [6.45, 7) is 4.33. The van der Waals surface area contributed by atoms with E-state index in [1.165, 1.54) is 68.6 Å². The summed E-state index contributed by atoms with van der Waals surface area (Å²) in [6, 6.07) is 17.0. The maximum atomic E-state index is 11.7. The number of hydrogen-bond donors (Lipinski definition) is 0. The summed E-state index contributed by atoms with van der Waals surface area (Å²) < 4.78 is 5.34. The van der Waals surface area contributed by atoms with Gasteiger partial charge >= 0.3 is 5.97 Å². The number of hydrogen-bond acceptors (Lipinski definition) is 2. The molecule has 0 unspecified atom stereocenters. The molecule has 0 saturated heterocycles. The average Bonchev–Trinajstić information content (AvgIpc) is 2.80. The van der Waals surface area contributed by atoms with Crippen molar-refractivity contribution in [2.24, 2.45) is 5.41 Å². The normalized spacial score (nSPS) is 25.5. The van der Waals surface area contributed by atoms with Gasteiger partial charge in [0, 0.05) is 6.08 Å². The first-order valence-electron chi connectivity index (χ1n) is 11.7. The summed E-state index contributed by atoms with van der Waals surface area (Å²) in [5.74, 6) is 0.260. The molecule has 5 rings (SSSR count). The van der Waals surface area contributed by atoms with Gasteiger partial charge < -0.3 is 4.74 Å². The van der Waals surface area contributed by atoms with E-state index in [4.69, 9.17) is 4.74 Å². The van der Waals surface area contributed by atoms with Crippen LogP contribution in [-0.2, 0) is 10.2 Å². The highest BCUT2D eigenvalue weighted by molar-refractivity contribution is 5.84. The van der Waals surface area contributed by atoms with Gasteiger partial charge in [-0.05, 0) is 91.0 Å². The monoisotopic (exact) mass is 402 g/mol. The molecule has 0 aliphatic heterocycles. The van der Waals surface area contributed by atoms with Crippen molar-refractivity contribution in [3.63, 3.8) is 0 Å². The van der Waals surface area contributed by atoms with E-state index in [0.717, 1.165) is 12.0 Å². The van der Waals surface area contributed by atoms with Crippen LogP contribution in [0.25, 0.3) is 11.1 Å². The number of benzene rings is 2. The molecule has 2 aromatic rings. The third kappa shape index (κ3) is 4.24. The zero-order chi connectivity index (χ0) is 21.0. The maximum absolute atomic E-state index is 11.7. The number of esters is 1. The van der Waals surface area contributed by atoms with Gasteiger partial charge in [-0.1, -0.05) is 62.7 Å². The zero-order valence-corrected chi connectivity index (χ0v) is 18.5. The van der Waals surface area contributed by atoms with E-state index in [1.807, 2.05) is 31.2 Å². The molecule has 0 atom stereocenters. The first kappa shape index (κ1) is 20.9. The van der Waals surface area contributed by atoms with Crippen LogP contribution in [0.4, 0.5) is 0 Å². The highest BCUT2D eigenvalue weighted by Gasteiger charge is 2.48. The number of allylic oxidation sites excluding steroid dienone is 1. The van der Waals surface area contributed by atoms with Crippen LogP contribution in [-0.4, -0.2) is 5.97 Å². The smallest absolute Gasteiger partial charge is 0.335 e. The second-order valence-corrected chi connectivity index (χ2v) is 9.36. The van der Waals surface area contributed by atoms with Gasteiger partial charge in [0.2, 0.25) is 0 Å². The van der Waals surface area contributed by atoms with Gasteiger partial charge in [-0.25, -0.2) is 4.79 Å². The summed E-state index contributed by atoms with van der Waals surface area (Å²) in [5.41, 5.74) is 4.97. The molecular formula is C28H34O2. The van der Waals surface area contributed by atoms with E-state index in [2.05, 4.69) is 31.2 Å². The third-order valence-corrected chi connectivity index (χ3v) is 7.57. The lowest BCUT2D eigenvalue weighted by atomic mass is 9.51. The lowest BCUT2D eigenvalue weighted by molar-refractivity contribution is -0.129. The van der Waals surface area contributed by atoms with Crippen molar-refractivity contribution in [1.82, 2.24) is 0 Å². The summed E-state index contributed by atoms with van der Waals surface area (Å²) in [5, 5.41) is 0. The Morgan fingerprint density at radius 2 is 1.43 bits per heavy atom. The molecule has 158 valence electrons. The van der Waals surface area contributed by atoms with Crippen LogP contribution < -0.4 is 4.74 Å². The van der Waals surface area contributed by atoms with Crippen LogP contribution in [0.3, 0.4) is 0 Å². The Hall–Kier alpha value is -2.35.